The second kappa shape index (κ2) is 11.6. The Balaban J connectivity index is 1.91. The molecule has 9 heteroatoms. The van der Waals surface area contributed by atoms with Crippen molar-refractivity contribution in [1.82, 2.24) is 0 Å². The molecular formula is C27H26F3NO5. The van der Waals surface area contributed by atoms with Crippen LogP contribution in [0.5, 0.6) is 5.75 Å². The first-order chi connectivity index (χ1) is 17.1. The van der Waals surface area contributed by atoms with Gasteiger partial charge >= 0.3 is 12.1 Å². The summed E-state index contributed by atoms with van der Waals surface area (Å²) < 4.78 is 56.0. The number of rotatable bonds is 9. The molecule has 0 aliphatic rings. The molecule has 2 aromatic carbocycles. The van der Waals surface area contributed by atoms with Crippen molar-refractivity contribution in [3.05, 3.63) is 89.4 Å². The lowest BCUT2D eigenvalue weighted by Crippen LogP contribution is -2.34. The van der Waals surface area contributed by atoms with Crippen LogP contribution >= 0.6 is 0 Å². The van der Waals surface area contributed by atoms with Crippen molar-refractivity contribution in [3.8, 4) is 5.75 Å². The smallest absolute Gasteiger partial charge is 0.416 e. The van der Waals surface area contributed by atoms with Crippen molar-refractivity contribution in [3.63, 3.8) is 0 Å². The fourth-order valence-electron chi connectivity index (χ4n) is 3.34. The molecule has 0 saturated carbocycles. The van der Waals surface area contributed by atoms with Crippen LogP contribution in [0.4, 0.5) is 18.9 Å². The quantitative estimate of drug-likeness (QED) is 0.252. The summed E-state index contributed by atoms with van der Waals surface area (Å²) in [5, 5.41) is 0. The van der Waals surface area contributed by atoms with Gasteiger partial charge in [-0.25, -0.2) is 4.79 Å². The minimum absolute atomic E-state index is 0.0182. The van der Waals surface area contributed by atoms with Crippen LogP contribution in [0.25, 0.3) is 6.08 Å². The zero-order valence-electron chi connectivity index (χ0n) is 20.0. The van der Waals surface area contributed by atoms with Crippen LogP contribution in [0.3, 0.4) is 0 Å². The van der Waals surface area contributed by atoms with E-state index < -0.39 is 23.6 Å². The number of hydrogen-bond donors (Lipinski definition) is 0. The van der Waals surface area contributed by atoms with Gasteiger partial charge in [-0.05, 0) is 53.5 Å². The molecule has 0 aliphatic heterocycles. The average Bonchev–Trinajstić information content (AvgIpc) is 3.39. The highest BCUT2D eigenvalue weighted by molar-refractivity contribution is 6.05. The first kappa shape index (κ1) is 26.6. The maximum Gasteiger partial charge on any atom is 0.416 e. The predicted octanol–water partition coefficient (Wildman–Crippen LogP) is 6.37. The maximum atomic E-state index is 13.5. The van der Waals surface area contributed by atoms with E-state index in [9.17, 15) is 22.8 Å². The van der Waals surface area contributed by atoms with Crippen molar-refractivity contribution in [1.29, 1.82) is 0 Å². The second-order valence-corrected chi connectivity index (χ2v) is 8.35. The summed E-state index contributed by atoms with van der Waals surface area (Å²) in [6.07, 6.45) is -0.377. The van der Waals surface area contributed by atoms with E-state index in [-0.39, 0.29) is 36.3 Å². The zero-order chi connectivity index (χ0) is 26.3. The molecule has 1 aromatic heterocycles. The summed E-state index contributed by atoms with van der Waals surface area (Å²) in [5.41, 5.74) is 0.729. The molecule has 0 fully saturated rings. The number of benzene rings is 2. The summed E-state index contributed by atoms with van der Waals surface area (Å²) in [4.78, 5) is 25.7. The Bertz CT molecular complexity index is 1200. The predicted molar refractivity (Wildman–Crippen MR) is 128 cm³/mol. The number of alkyl halides is 3. The number of carbonyl (C=O) groups excluding carboxylic acids is 2. The summed E-state index contributed by atoms with van der Waals surface area (Å²) in [6.45, 7) is 3.98. The Morgan fingerprint density at radius 1 is 1.08 bits per heavy atom. The van der Waals surface area contributed by atoms with E-state index in [1.807, 2.05) is 13.8 Å². The molecule has 0 aliphatic carbocycles. The third-order valence-corrected chi connectivity index (χ3v) is 5.09. The van der Waals surface area contributed by atoms with Gasteiger partial charge in [0.2, 0.25) is 0 Å². The highest BCUT2D eigenvalue weighted by Crippen LogP contribution is 2.38. The molecule has 36 heavy (non-hydrogen) atoms. The van der Waals surface area contributed by atoms with Crippen LogP contribution in [0.1, 0.15) is 41.1 Å². The third kappa shape index (κ3) is 7.00. The average molecular weight is 502 g/mol. The Morgan fingerprint density at radius 3 is 2.39 bits per heavy atom. The van der Waals surface area contributed by atoms with Gasteiger partial charge in [-0.15, -0.1) is 0 Å². The van der Waals surface area contributed by atoms with Gasteiger partial charge < -0.3 is 18.8 Å². The van der Waals surface area contributed by atoms with Gasteiger partial charge in [-0.2, -0.15) is 13.2 Å². The van der Waals surface area contributed by atoms with E-state index in [4.69, 9.17) is 9.15 Å². The molecule has 6 nitrogen and oxygen atoms in total. The van der Waals surface area contributed by atoms with Gasteiger partial charge in [0.25, 0.3) is 5.91 Å². The highest BCUT2D eigenvalue weighted by atomic mass is 19.4. The fourth-order valence-corrected chi connectivity index (χ4v) is 3.34. The van der Waals surface area contributed by atoms with Gasteiger partial charge in [0.1, 0.15) is 12.4 Å². The Kier molecular flexibility index (Phi) is 8.58. The second-order valence-electron chi connectivity index (χ2n) is 8.35. The van der Waals surface area contributed by atoms with Crippen LogP contribution in [-0.2, 0) is 22.3 Å². The molecule has 3 aromatic rings. The number of furan rings is 1. The van der Waals surface area contributed by atoms with Crippen LogP contribution in [-0.4, -0.2) is 25.5 Å². The standard InChI is InChI=1S/C27H26F3NO5/c1-18(2)16-31(26(33)23-5-4-14-35-23)22-12-11-21(27(28,29)30)15-24(22)36-17-20-8-6-19(7-9-20)10-13-25(32)34-3/h4-15,18H,16-17H2,1-3H3/b13-10+. The van der Waals surface area contributed by atoms with Gasteiger partial charge in [-0.3, -0.25) is 4.79 Å². The first-order valence-electron chi connectivity index (χ1n) is 11.1. The maximum absolute atomic E-state index is 13.5. The summed E-state index contributed by atoms with van der Waals surface area (Å²) in [6, 6.07) is 13.0. The zero-order valence-corrected chi connectivity index (χ0v) is 20.0. The number of hydrogen-bond acceptors (Lipinski definition) is 5. The number of esters is 1. The number of ether oxygens (including phenoxy) is 2. The number of anilines is 1. The number of nitrogens with zero attached hydrogens (tertiary/aromatic N) is 1. The molecule has 0 atom stereocenters. The molecular weight excluding hydrogens is 475 g/mol. The van der Waals surface area contributed by atoms with Crippen LogP contribution in [0.2, 0.25) is 0 Å². The molecule has 0 unspecified atom stereocenters. The van der Waals surface area contributed by atoms with Crippen molar-refractivity contribution in [2.45, 2.75) is 26.6 Å². The van der Waals surface area contributed by atoms with E-state index in [1.54, 1.807) is 36.4 Å². The minimum atomic E-state index is -4.59. The molecule has 0 saturated heterocycles. The summed E-state index contributed by atoms with van der Waals surface area (Å²) in [7, 11) is 1.28. The number of methoxy groups -OCH3 is 1. The van der Waals surface area contributed by atoms with E-state index in [0.29, 0.717) is 5.56 Å². The normalized spacial score (nSPS) is 11.6. The van der Waals surface area contributed by atoms with E-state index in [0.717, 1.165) is 17.7 Å². The topological polar surface area (TPSA) is 69.0 Å². The molecule has 1 amide bonds. The number of amides is 1. The summed E-state index contributed by atoms with van der Waals surface area (Å²) in [5.74, 6) is -0.976. The molecule has 0 N–H and O–H groups in total. The lowest BCUT2D eigenvalue weighted by Gasteiger charge is -2.26. The van der Waals surface area contributed by atoms with E-state index >= 15 is 0 Å². The van der Waals surface area contributed by atoms with Gasteiger partial charge in [0.05, 0.1) is 24.6 Å². The monoisotopic (exact) mass is 501 g/mol. The van der Waals surface area contributed by atoms with Crippen molar-refractivity contribution >= 4 is 23.6 Å². The molecule has 190 valence electrons. The lowest BCUT2D eigenvalue weighted by molar-refractivity contribution is -0.137. The van der Waals surface area contributed by atoms with Gasteiger partial charge in [0, 0.05) is 12.6 Å². The van der Waals surface area contributed by atoms with Crippen molar-refractivity contribution in [2.75, 3.05) is 18.6 Å². The van der Waals surface area contributed by atoms with E-state index in [2.05, 4.69) is 4.74 Å². The fraction of sp³-hybridized carbons (Fsp3) is 0.259. The minimum Gasteiger partial charge on any atom is -0.487 e. The highest BCUT2D eigenvalue weighted by Gasteiger charge is 2.33. The Labute approximate surface area is 206 Å². The lowest BCUT2D eigenvalue weighted by atomic mass is 10.1. The Hall–Kier alpha value is -4.01. The van der Waals surface area contributed by atoms with Crippen LogP contribution < -0.4 is 9.64 Å². The van der Waals surface area contributed by atoms with Crippen molar-refractivity contribution < 1.29 is 36.7 Å². The van der Waals surface area contributed by atoms with Gasteiger partial charge in [0.15, 0.2) is 5.76 Å². The molecule has 0 spiro atoms. The molecule has 0 bridgehead atoms. The largest absolute Gasteiger partial charge is 0.487 e. The number of halogens is 3. The van der Waals surface area contributed by atoms with E-state index in [1.165, 1.54) is 36.5 Å². The molecule has 3 rings (SSSR count). The summed E-state index contributed by atoms with van der Waals surface area (Å²) >= 11 is 0. The van der Waals surface area contributed by atoms with Gasteiger partial charge in [-0.1, -0.05) is 38.1 Å². The first-order valence-corrected chi connectivity index (χ1v) is 11.1. The molecule has 0 radical (unpaired) electrons. The third-order valence-electron chi connectivity index (χ3n) is 5.09. The molecule has 1 heterocycles. The number of carbonyl (C=O) groups is 2. The van der Waals surface area contributed by atoms with Crippen molar-refractivity contribution in [2.24, 2.45) is 5.92 Å². The Morgan fingerprint density at radius 2 is 1.81 bits per heavy atom. The SMILES string of the molecule is COC(=O)/C=C/c1ccc(COc2cc(C(F)(F)F)ccc2N(CC(C)C)C(=O)c2ccco2)cc1. The van der Waals surface area contributed by atoms with Crippen LogP contribution in [0, 0.1) is 5.92 Å². The van der Waals surface area contributed by atoms with Crippen LogP contribution in [0.15, 0.2) is 71.4 Å².